The van der Waals surface area contributed by atoms with Gasteiger partial charge in [-0.05, 0) is 72.5 Å². The van der Waals surface area contributed by atoms with Gasteiger partial charge in [0.25, 0.3) is 0 Å². The second-order valence-electron chi connectivity index (χ2n) is 9.02. The Morgan fingerprint density at radius 3 is 2.00 bits per heavy atom. The third kappa shape index (κ3) is 6.24. The lowest BCUT2D eigenvalue weighted by Gasteiger charge is -2.48. The van der Waals surface area contributed by atoms with Crippen molar-refractivity contribution in [3.63, 3.8) is 0 Å². The van der Waals surface area contributed by atoms with Gasteiger partial charge in [0.1, 0.15) is 23.5 Å². The number of halogens is 5. The molecule has 0 N–H and O–H groups in total. The predicted molar refractivity (Wildman–Crippen MR) is 132 cm³/mol. The molecule has 3 atom stereocenters. The van der Waals surface area contributed by atoms with E-state index in [2.05, 4.69) is 4.18 Å². The van der Waals surface area contributed by atoms with Crippen LogP contribution in [0.5, 0.6) is 5.75 Å². The Balaban J connectivity index is 1.60. The maximum absolute atomic E-state index is 13.5. The summed E-state index contributed by atoms with van der Waals surface area (Å²) in [6, 6.07) is 14.5. The Bertz CT molecular complexity index is 1480. The van der Waals surface area contributed by atoms with Gasteiger partial charge in [-0.15, -0.1) is 0 Å². The molecule has 0 aliphatic carbocycles. The highest BCUT2D eigenvalue weighted by atomic mass is 32.2. The first-order valence-corrected chi connectivity index (χ1v) is 13.3. The minimum Gasteiger partial charge on any atom is -0.458 e. The maximum atomic E-state index is 13.5. The van der Waals surface area contributed by atoms with E-state index in [1.807, 2.05) is 0 Å². The fraction of sp³-hybridized carbons (Fsp3) is 0.259. The summed E-state index contributed by atoms with van der Waals surface area (Å²) in [5.74, 6) is -3.19. The van der Waals surface area contributed by atoms with Gasteiger partial charge in [0, 0.05) is 12.6 Å². The van der Waals surface area contributed by atoms with E-state index in [1.165, 1.54) is 60.4 Å². The molecule has 1 aliphatic heterocycles. The smallest absolute Gasteiger partial charge is 0.458 e. The van der Waals surface area contributed by atoms with Crippen LogP contribution in [0.1, 0.15) is 43.0 Å². The molecule has 0 radical (unpaired) electrons. The zero-order valence-electron chi connectivity index (χ0n) is 20.8. The molecule has 1 amide bonds. The Hall–Kier alpha value is -4.00. The first-order valence-electron chi connectivity index (χ1n) is 11.9. The first-order chi connectivity index (χ1) is 18.8. The highest BCUT2D eigenvalue weighted by molar-refractivity contribution is 7.88. The zero-order chi connectivity index (χ0) is 29.2. The highest BCUT2D eigenvalue weighted by Gasteiger charge is 2.50. The average Bonchev–Trinajstić information content (AvgIpc) is 2.88. The molecule has 1 saturated heterocycles. The third-order valence-electron chi connectivity index (χ3n) is 6.32. The van der Waals surface area contributed by atoms with Crippen LogP contribution in [0.2, 0.25) is 0 Å². The molecule has 2 unspecified atom stereocenters. The second kappa shape index (κ2) is 11.2. The Morgan fingerprint density at radius 2 is 1.48 bits per heavy atom. The monoisotopic (exact) mass is 583 g/mol. The number of β-lactam (4-membered cyclic amide) rings is 1. The summed E-state index contributed by atoms with van der Waals surface area (Å²) in [7, 11) is -5.88. The van der Waals surface area contributed by atoms with Crippen molar-refractivity contribution in [1.82, 2.24) is 0 Å². The molecule has 1 aliphatic rings. The number of anilines is 1. The predicted octanol–water partition coefficient (Wildman–Crippen LogP) is 5.98. The number of alkyl halides is 3. The summed E-state index contributed by atoms with van der Waals surface area (Å²) in [5.41, 5.74) is -4.29. The standard InChI is InChI=1S/C27H22F5NO6S/c1-16(34)38-24(17-2-6-19(28)7-3-17)15-14-23-25(33(26(23)35)21-10-8-20(29)9-11-21)18-4-12-22(13-5-18)39-40(36,37)27(30,31)32/h2-13,23-25H,14-15H2,1H3/t23?,24-,25?/m0/s1. The van der Waals surface area contributed by atoms with Crippen LogP contribution in [0.4, 0.5) is 27.6 Å². The van der Waals surface area contributed by atoms with E-state index in [9.17, 15) is 40.0 Å². The lowest BCUT2D eigenvalue weighted by atomic mass is 9.78. The van der Waals surface area contributed by atoms with Crippen LogP contribution in [-0.2, 0) is 24.4 Å². The third-order valence-corrected chi connectivity index (χ3v) is 7.30. The van der Waals surface area contributed by atoms with E-state index >= 15 is 0 Å². The van der Waals surface area contributed by atoms with Gasteiger partial charge in [0.15, 0.2) is 0 Å². The fourth-order valence-electron chi connectivity index (χ4n) is 4.50. The van der Waals surface area contributed by atoms with Crippen LogP contribution >= 0.6 is 0 Å². The van der Waals surface area contributed by atoms with Crippen LogP contribution in [0.25, 0.3) is 0 Å². The van der Waals surface area contributed by atoms with E-state index in [0.717, 1.165) is 24.3 Å². The van der Waals surface area contributed by atoms with Crippen LogP contribution in [-0.4, -0.2) is 25.8 Å². The lowest BCUT2D eigenvalue weighted by Crippen LogP contribution is -2.55. The maximum Gasteiger partial charge on any atom is 0.534 e. The molecule has 3 aromatic rings. The SMILES string of the molecule is CC(=O)O[C@@H](CCC1C(=O)N(c2ccc(F)cc2)C1c1ccc(OS(=O)(=O)C(F)(F)F)cc1)c1ccc(F)cc1. The summed E-state index contributed by atoms with van der Waals surface area (Å²) >= 11 is 0. The minimum atomic E-state index is -5.88. The van der Waals surface area contributed by atoms with Crippen LogP contribution in [0.15, 0.2) is 72.8 Å². The van der Waals surface area contributed by atoms with Crippen molar-refractivity contribution in [2.75, 3.05) is 4.90 Å². The Kier molecular flexibility index (Phi) is 8.15. The van der Waals surface area contributed by atoms with Gasteiger partial charge in [-0.2, -0.15) is 21.6 Å². The summed E-state index contributed by atoms with van der Waals surface area (Å²) in [4.78, 5) is 26.3. The van der Waals surface area contributed by atoms with E-state index in [1.54, 1.807) is 0 Å². The number of hydrogen-bond acceptors (Lipinski definition) is 6. The molecule has 40 heavy (non-hydrogen) atoms. The first kappa shape index (κ1) is 29.0. The number of rotatable bonds is 9. The topological polar surface area (TPSA) is 90.0 Å². The number of hydrogen-bond donors (Lipinski definition) is 0. The molecule has 1 fully saturated rings. The Labute approximate surface area is 226 Å². The number of benzene rings is 3. The molecule has 13 heteroatoms. The molecule has 0 saturated carbocycles. The van der Waals surface area contributed by atoms with Crippen molar-refractivity contribution >= 4 is 27.7 Å². The largest absolute Gasteiger partial charge is 0.534 e. The van der Waals surface area contributed by atoms with Crippen molar-refractivity contribution in [3.8, 4) is 5.75 Å². The lowest BCUT2D eigenvalue weighted by molar-refractivity contribution is -0.147. The molecule has 0 bridgehead atoms. The number of ether oxygens (including phenoxy) is 1. The van der Waals surface area contributed by atoms with Gasteiger partial charge >= 0.3 is 21.6 Å². The number of esters is 1. The van der Waals surface area contributed by atoms with Gasteiger partial charge in [0.05, 0.1) is 12.0 Å². The summed E-state index contributed by atoms with van der Waals surface area (Å²) in [6.45, 7) is 1.21. The van der Waals surface area contributed by atoms with Crippen molar-refractivity contribution in [3.05, 3.63) is 95.6 Å². The quantitative estimate of drug-likeness (QED) is 0.101. The molecule has 0 aromatic heterocycles. The number of carbonyl (C=O) groups is 2. The molecule has 0 spiro atoms. The average molecular weight is 584 g/mol. The van der Waals surface area contributed by atoms with Gasteiger partial charge in [-0.1, -0.05) is 24.3 Å². The molecular formula is C27H22F5NO6S. The number of amides is 1. The van der Waals surface area contributed by atoms with E-state index in [0.29, 0.717) is 16.8 Å². The number of nitrogens with zero attached hydrogens (tertiary/aromatic N) is 1. The van der Waals surface area contributed by atoms with Crippen LogP contribution in [0.3, 0.4) is 0 Å². The van der Waals surface area contributed by atoms with Crippen molar-refractivity contribution in [2.45, 2.75) is 37.4 Å². The van der Waals surface area contributed by atoms with Gasteiger partial charge in [-0.3, -0.25) is 9.59 Å². The van der Waals surface area contributed by atoms with Crippen molar-refractivity contribution in [2.24, 2.45) is 5.92 Å². The van der Waals surface area contributed by atoms with Gasteiger partial charge < -0.3 is 13.8 Å². The normalized spacial score (nSPS) is 18.1. The summed E-state index contributed by atoms with van der Waals surface area (Å²) in [5, 5.41) is 0. The molecule has 3 aromatic carbocycles. The van der Waals surface area contributed by atoms with Crippen molar-refractivity contribution < 1.29 is 48.9 Å². The molecule has 1 heterocycles. The molecular weight excluding hydrogens is 561 g/mol. The minimum absolute atomic E-state index is 0.181. The van der Waals surface area contributed by atoms with E-state index in [4.69, 9.17) is 4.74 Å². The molecule has 4 rings (SSSR count). The van der Waals surface area contributed by atoms with Gasteiger partial charge in [-0.25, -0.2) is 8.78 Å². The zero-order valence-corrected chi connectivity index (χ0v) is 21.6. The highest BCUT2D eigenvalue weighted by Crippen LogP contribution is 2.47. The van der Waals surface area contributed by atoms with Gasteiger partial charge in [0.2, 0.25) is 5.91 Å². The fourth-order valence-corrected chi connectivity index (χ4v) is 4.96. The number of carbonyl (C=O) groups excluding carboxylic acids is 2. The van der Waals surface area contributed by atoms with E-state index in [-0.39, 0.29) is 18.7 Å². The van der Waals surface area contributed by atoms with Crippen molar-refractivity contribution in [1.29, 1.82) is 0 Å². The summed E-state index contributed by atoms with van der Waals surface area (Å²) in [6.07, 6.45) is -0.410. The summed E-state index contributed by atoms with van der Waals surface area (Å²) < 4.78 is 97.2. The second-order valence-corrected chi connectivity index (χ2v) is 10.6. The Morgan fingerprint density at radius 1 is 0.925 bits per heavy atom. The van der Waals surface area contributed by atoms with Crippen LogP contribution < -0.4 is 9.08 Å². The van der Waals surface area contributed by atoms with Crippen LogP contribution in [0, 0.1) is 17.6 Å². The van der Waals surface area contributed by atoms with E-state index < -0.39 is 57.0 Å². The molecule has 7 nitrogen and oxygen atoms in total. The molecule has 212 valence electrons.